The van der Waals surface area contributed by atoms with Crippen LogP contribution in [0.25, 0.3) is 0 Å². The molecule has 0 radical (unpaired) electrons. The first-order valence-electron chi connectivity index (χ1n) is 9.24. The molecule has 0 spiro atoms. The van der Waals surface area contributed by atoms with Gasteiger partial charge in [-0.2, -0.15) is 5.10 Å². The smallest absolute Gasteiger partial charge is 0.274 e. The number of halogens is 2. The van der Waals surface area contributed by atoms with E-state index in [2.05, 4.69) is 15.5 Å². The molecule has 4 rings (SSSR count). The van der Waals surface area contributed by atoms with Gasteiger partial charge in [-0.1, -0.05) is 17.7 Å². The molecule has 0 unspecified atom stereocenters. The van der Waals surface area contributed by atoms with Crippen LogP contribution < -0.4 is 5.32 Å². The highest BCUT2D eigenvalue weighted by molar-refractivity contribution is 6.30. The molecule has 3 heterocycles. The molecule has 7 nitrogen and oxygen atoms in total. The molecule has 2 aliphatic rings. The summed E-state index contributed by atoms with van der Waals surface area (Å²) in [5.74, 6) is -0.110. The van der Waals surface area contributed by atoms with Gasteiger partial charge in [-0.05, 0) is 24.6 Å². The van der Waals surface area contributed by atoms with E-state index in [0.29, 0.717) is 49.0 Å². The SMILES string of the molecule is Cl.O=C(c1cccc(Cl)c1)N1CCCN(C(=O)c2n[nH]c3c2CNCC3)CC1. The normalized spacial score (nSPS) is 16.8. The molecule has 1 aromatic heterocycles. The molecule has 0 aliphatic carbocycles. The van der Waals surface area contributed by atoms with Crippen molar-refractivity contribution in [1.82, 2.24) is 25.3 Å². The third kappa shape index (κ3) is 4.16. The second-order valence-electron chi connectivity index (χ2n) is 6.90. The standard InChI is InChI=1S/C19H22ClN5O2.ClH/c20-14-4-1-3-13(11-14)18(26)24-7-2-8-25(10-9-24)19(27)17-15-12-21-6-5-16(15)22-23-17;/h1,3-4,11,21H,2,5-10,12H2,(H,22,23);1H. The number of amides is 2. The van der Waals surface area contributed by atoms with Crippen LogP contribution >= 0.6 is 24.0 Å². The van der Waals surface area contributed by atoms with Crippen LogP contribution in [0.2, 0.25) is 5.02 Å². The average molecular weight is 424 g/mol. The number of benzene rings is 1. The van der Waals surface area contributed by atoms with Gasteiger partial charge < -0.3 is 15.1 Å². The van der Waals surface area contributed by atoms with Crippen LogP contribution in [0.4, 0.5) is 0 Å². The van der Waals surface area contributed by atoms with Crippen molar-refractivity contribution in [2.24, 2.45) is 0 Å². The highest BCUT2D eigenvalue weighted by Gasteiger charge is 2.28. The predicted molar refractivity (Wildman–Crippen MR) is 109 cm³/mol. The summed E-state index contributed by atoms with van der Waals surface area (Å²) in [6, 6.07) is 6.98. The van der Waals surface area contributed by atoms with E-state index in [1.54, 1.807) is 34.1 Å². The first-order valence-corrected chi connectivity index (χ1v) is 9.62. The zero-order valence-corrected chi connectivity index (χ0v) is 17.0. The number of rotatable bonds is 2. The van der Waals surface area contributed by atoms with E-state index < -0.39 is 0 Å². The minimum absolute atomic E-state index is 0. The minimum Gasteiger partial charge on any atom is -0.337 e. The Morgan fingerprint density at radius 1 is 1.07 bits per heavy atom. The van der Waals surface area contributed by atoms with Crippen molar-refractivity contribution in [2.75, 3.05) is 32.7 Å². The number of hydrogen-bond acceptors (Lipinski definition) is 4. The molecule has 1 fully saturated rings. The van der Waals surface area contributed by atoms with Crippen LogP contribution in [0.5, 0.6) is 0 Å². The van der Waals surface area contributed by atoms with E-state index in [1.807, 2.05) is 0 Å². The summed E-state index contributed by atoms with van der Waals surface area (Å²) in [5, 5.41) is 11.1. The summed E-state index contributed by atoms with van der Waals surface area (Å²) in [6.07, 6.45) is 1.60. The van der Waals surface area contributed by atoms with Crippen LogP contribution in [0.3, 0.4) is 0 Å². The minimum atomic E-state index is -0.0618. The Bertz CT molecular complexity index is 870. The van der Waals surface area contributed by atoms with Crippen molar-refractivity contribution in [3.8, 4) is 0 Å². The highest BCUT2D eigenvalue weighted by atomic mass is 35.5. The third-order valence-electron chi connectivity index (χ3n) is 5.15. The van der Waals surface area contributed by atoms with Crippen molar-refractivity contribution >= 4 is 35.8 Å². The van der Waals surface area contributed by atoms with E-state index in [1.165, 1.54) is 0 Å². The summed E-state index contributed by atoms with van der Waals surface area (Å²) < 4.78 is 0. The molecular formula is C19H23Cl2N5O2. The summed E-state index contributed by atoms with van der Waals surface area (Å²) in [4.78, 5) is 29.3. The van der Waals surface area contributed by atoms with Crippen LogP contribution in [0.15, 0.2) is 24.3 Å². The second kappa shape index (κ2) is 8.94. The number of carbonyl (C=O) groups excluding carboxylic acids is 2. The van der Waals surface area contributed by atoms with E-state index in [-0.39, 0.29) is 24.2 Å². The maximum atomic E-state index is 13.0. The molecular weight excluding hydrogens is 401 g/mol. The van der Waals surface area contributed by atoms with Gasteiger partial charge in [-0.25, -0.2) is 0 Å². The van der Waals surface area contributed by atoms with Crippen LogP contribution in [0.1, 0.15) is 38.5 Å². The number of aromatic nitrogens is 2. The molecule has 9 heteroatoms. The van der Waals surface area contributed by atoms with Crippen molar-refractivity contribution in [2.45, 2.75) is 19.4 Å². The lowest BCUT2D eigenvalue weighted by Gasteiger charge is -2.22. The molecule has 0 saturated carbocycles. The van der Waals surface area contributed by atoms with Gasteiger partial charge in [-0.15, -0.1) is 12.4 Å². The van der Waals surface area contributed by atoms with Crippen molar-refractivity contribution in [3.63, 3.8) is 0 Å². The lowest BCUT2D eigenvalue weighted by molar-refractivity contribution is 0.0715. The van der Waals surface area contributed by atoms with Crippen molar-refractivity contribution in [3.05, 3.63) is 51.8 Å². The maximum Gasteiger partial charge on any atom is 0.274 e. The van der Waals surface area contributed by atoms with Gasteiger partial charge in [0.05, 0.1) is 0 Å². The van der Waals surface area contributed by atoms with E-state index in [0.717, 1.165) is 30.6 Å². The lowest BCUT2D eigenvalue weighted by atomic mass is 10.1. The fourth-order valence-corrected chi connectivity index (χ4v) is 3.87. The Balaban J connectivity index is 0.00000225. The van der Waals surface area contributed by atoms with Gasteiger partial charge in [0.25, 0.3) is 11.8 Å². The molecule has 2 amide bonds. The Morgan fingerprint density at radius 2 is 1.82 bits per heavy atom. The first kappa shape index (κ1) is 20.6. The number of hydrogen-bond donors (Lipinski definition) is 2. The maximum absolute atomic E-state index is 13.0. The van der Waals surface area contributed by atoms with E-state index >= 15 is 0 Å². The van der Waals surface area contributed by atoms with E-state index in [9.17, 15) is 9.59 Å². The summed E-state index contributed by atoms with van der Waals surface area (Å²) >= 11 is 6.00. The fourth-order valence-electron chi connectivity index (χ4n) is 3.68. The van der Waals surface area contributed by atoms with Gasteiger partial charge in [0.1, 0.15) is 0 Å². The van der Waals surface area contributed by atoms with Gasteiger partial charge in [0, 0.05) is 67.5 Å². The largest absolute Gasteiger partial charge is 0.337 e. The molecule has 2 aromatic rings. The summed E-state index contributed by atoms with van der Waals surface area (Å²) in [5.41, 5.74) is 3.11. The number of H-pyrrole nitrogens is 1. The number of fused-ring (bicyclic) bond motifs is 1. The third-order valence-corrected chi connectivity index (χ3v) is 5.39. The van der Waals surface area contributed by atoms with Gasteiger partial charge in [0.2, 0.25) is 0 Å². The molecule has 28 heavy (non-hydrogen) atoms. The van der Waals surface area contributed by atoms with Crippen molar-refractivity contribution in [1.29, 1.82) is 0 Å². The fraction of sp³-hybridized carbons (Fsp3) is 0.421. The Morgan fingerprint density at radius 3 is 2.57 bits per heavy atom. The molecule has 0 atom stereocenters. The van der Waals surface area contributed by atoms with Crippen LogP contribution in [-0.4, -0.2) is 64.5 Å². The van der Waals surface area contributed by atoms with Crippen LogP contribution in [-0.2, 0) is 13.0 Å². The zero-order valence-electron chi connectivity index (χ0n) is 15.4. The van der Waals surface area contributed by atoms with Gasteiger partial charge >= 0.3 is 0 Å². The molecule has 2 N–H and O–H groups in total. The first-order chi connectivity index (χ1) is 13.1. The van der Waals surface area contributed by atoms with Gasteiger partial charge in [-0.3, -0.25) is 14.7 Å². The summed E-state index contributed by atoms with van der Waals surface area (Å²) in [6.45, 7) is 3.80. The van der Waals surface area contributed by atoms with Crippen molar-refractivity contribution < 1.29 is 9.59 Å². The molecule has 1 saturated heterocycles. The topological polar surface area (TPSA) is 81.3 Å². The molecule has 1 aromatic carbocycles. The number of aromatic amines is 1. The number of nitrogens with one attached hydrogen (secondary N) is 2. The Kier molecular flexibility index (Phi) is 6.59. The predicted octanol–water partition coefficient (Wildman–Crippen LogP) is 2.12. The molecule has 0 bridgehead atoms. The zero-order chi connectivity index (χ0) is 18.8. The molecule has 2 aliphatic heterocycles. The Hall–Kier alpha value is -2.09. The molecule has 150 valence electrons. The lowest BCUT2D eigenvalue weighted by Crippen LogP contribution is -2.38. The van der Waals surface area contributed by atoms with Gasteiger partial charge in [0.15, 0.2) is 5.69 Å². The summed E-state index contributed by atoms with van der Waals surface area (Å²) in [7, 11) is 0. The monoisotopic (exact) mass is 423 g/mol. The second-order valence-corrected chi connectivity index (χ2v) is 7.34. The van der Waals surface area contributed by atoms with Crippen LogP contribution in [0, 0.1) is 0 Å². The highest BCUT2D eigenvalue weighted by Crippen LogP contribution is 2.19. The van der Waals surface area contributed by atoms with E-state index in [4.69, 9.17) is 11.6 Å². The average Bonchev–Trinajstić information content (AvgIpc) is 2.96. The quantitative estimate of drug-likeness (QED) is 0.774. The Labute approximate surface area is 174 Å². The number of nitrogens with zero attached hydrogens (tertiary/aromatic N) is 3. The number of carbonyl (C=O) groups is 2.